The van der Waals surface area contributed by atoms with E-state index in [0.717, 1.165) is 24.3 Å². The smallest absolute Gasteiger partial charge is 0.123 e. The van der Waals surface area contributed by atoms with Gasteiger partial charge < -0.3 is 0 Å². The number of rotatable bonds is 5. The van der Waals surface area contributed by atoms with Gasteiger partial charge in [-0.15, -0.1) is 0 Å². The van der Waals surface area contributed by atoms with Crippen molar-refractivity contribution in [3.63, 3.8) is 0 Å². The Hall–Kier alpha value is -0.370. The molecule has 0 aromatic heterocycles. The van der Waals surface area contributed by atoms with Crippen molar-refractivity contribution in [3.8, 4) is 0 Å². The molecule has 0 heterocycles. The molecular weight excluding hydrogens is 267 g/mol. The van der Waals surface area contributed by atoms with Crippen LogP contribution in [0.4, 0.5) is 4.39 Å². The Morgan fingerprint density at radius 2 is 2.19 bits per heavy atom. The molecule has 0 radical (unpaired) electrons. The van der Waals surface area contributed by atoms with Crippen LogP contribution in [0, 0.1) is 18.7 Å². The largest absolute Gasteiger partial charge is 0.207 e. The first-order valence-electron chi connectivity index (χ1n) is 6.06. The molecule has 0 saturated heterocycles. The summed E-state index contributed by atoms with van der Waals surface area (Å²) in [7, 11) is 0. The fourth-order valence-corrected chi connectivity index (χ4v) is 2.94. The molecule has 0 bridgehead atoms. The Kier molecular flexibility index (Phi) is 4.01. The molecule has 1 unspecified atom stereocenters. The van der Waals surface area contributed by atoms with E-state index < -0.39 is 0 Å². The monoisotopic (exact) mass is 284 g/mol. The van der Waals surface area contributed by atoms with Crippen molar-refractivity contribution in [2.45, 2.75) is 43.9 Å². The van der Waals surface area contributed by atoms with E-state index in [-0.39, 0.29) is 5.82 Å². The summed E-state index contributed by atoms with van der Waals surface area (Å²) in [6, 6.07) is 5.09. The molecule has 1 aromatic rings. The zero-order chi connectivity index (χ0) is 11.5. The third kappa shape index (κ3) is 3.31. The number of hydrogen-bond acceptors (Lipinski definition) is 0. The first-order chi connectivity index (χ1) is 7.66. The lowest BCUT2D eigenvalue weighted by Crippen LogP contribution is -2.01. The molecule has 1 aromatic carbocycles. The molecule has 1 aliphatic carbocycles. The van der Waals surface area contributed by atoms with Gasteiger partial charge in [-0.05, 0) is 68.2 Å². The summed E-state index contributed by atoms with van der Waals surface area (Å²) < 4.78 is 13.1. The first kappa shape index (κ1) is 12.1. The Balaban J connectivity index is 1.81. The summed E-state index contributed by atoms with van der Waals surface area (Å²) in [6.07, 6.45) is 6.12. The topological polar surface area (TPSA) is 0 Å². The molecule has 0 N–H and O–H groups in total. The number of halogens is 2. The predicted molar refractivity (Wildman–Crippen MR) is 69.5 cm³/mol. The Bertz CT molecular complexity index is 358. The number of alkyl halides is 1. The number of hydrogen-bond donors (Lipinski definition) is 0. The van der Waals surface area contributed by atoms with Gasteiger partial charge >= 0.3 is 0 Å². The maximum absolute atomic E-state index is 13.1. The van der Waals surface area contributed by atoms with Crippen LogP contribution in [-0.4, -0.2) is 4.83 Å². The Morgan fingerprint density at radius 3 is 2.88 bits per heavy atom. The molecule has 0 nitrogen and oxygen atoms in total. The van der Waals surface area contributed by atoms with Gasteiger partial charge in [0, 0.05) is 4.83 Å². The maximum Gasteiger partial charge on any atom is 0.123 e. The van der Waals surface area contributed by atoms with Crippen LogP contribution in [0.15, 0.2) is 18.2 Å². The van der Waals surface area contributed by atoms with E-state index in [0.29, 0.717) is 4.83 Å². The minimum absolute atomic E-state index is 0.113. The number of benzene rings is 1. The standard InChI is InChI=1S/C14H18BrF/c1-10-5-8-13(16)9-12(10)3-2-4-14(15)11-6-7-11/h5,8-9,11,14H,2-4,6-7H2,1H3. The summed E-state index contributed by atoms with van der Waals surface area (Å²) in [5.74, 6) is 0.798. The van der Waals surface area contributed by atoms with E-state index in [2.05, 4.69) is 22.9 Å². The van der Waals surface area contributed by atoms with Crippen molar-refractivity contribution >= 4 is 15.9 Å². The first-order valence-corrected chi connectivity index (χ1v) is 6.97. The molecule has 0 amide bonds. The van der Waals surface area contributed by atoms with Crippen molar-refractivity contribution in [1.29, 1.82) is 0 Å². The molecule has 2 heteroatoms. The molecule has 16 heavy (non-hydrogen) atoms. The zero-order valence-corrected chi connectivity index (χ0v) is 11.3. The molecular formula is C14H18BrF. The van der Waals surface area contributed by atoms with Gasteiger partial charge in [0.05, 0.1) is 0 Å². The lowest BCUT2D eigenvalue weighted by molar-refractivity contribution is 0.619. The third-order valence-electron chi connectivity index (χ3n) is 3.37. The summed E-state index contributed by atoms with van der Waals surface area (Å²) in [5.41, 5.74) is 2.37. The lowest BCUT2D eigenvalue weighted by Gasteiger charge is -2.09. The molecule has 0 spiro atoms. The SMILES string of the molecule is Cc1ccc(F)cc1CCCC(Br)C1CC1. The van der Waals surface area contributed by atoms with E-state index in [9.17, 15) is 4.39 Å². The van der Waals surface area contributed by atoms with Crippen molar-refractivity contribution in [1.82, 2.24) is 0 Å². The van der Waals surface area contributed by atoms with Crippen molar-refractivity contribution in [2.24, 2.45) is 5.92 Å². The molecule has 2 rings (SSSR count). The van der Waals surface area contributed by atoms with Gasteiger partial charge in [0.25, 0.3) is 0 Å². The Labute approximate surface area is 105 Å². The third-order valence-corrected chi connectivity index (χ3v) is 4.58. The highest BCUT2D eigenvalue weighted by Crippen LogP contribution is 2.38. The second kappa shape index (κ2) is 5.31. The fraction of sp³-hybridized carbons (Fsp3) is 0.571. The van der Waals surface area contributed by atoms with E-state index in [4.69, 9.17) is 0 Å². The normalized spacial score (nSPS) is 17.4. The summed E-state index contributed by atoms with van der Waals surface area (Å²) >= 11 is 3.74. The van der Waals surface area contributed by atoms with Crippen LogP contribution in [0.25, 0.3) is 0 Å². The highest BCUT2D eigenvalue weighted by molar-refractivity contribution is 9.09. The van der Waals surface area contributed by atoms with Crippen LogP contribution in [0.3, 0.4) is 0 Å². The van der Waals surface area contributed by atoms with Crippen LogP contribution >= 0.6 is 15.9 Å². The van der Waals surface area contributed by atoms with Crippen molar-refractivity contribution in [3.05, 3.63) is 35.1 Å². The zero-order valence-electron chi connectivity index (χ0n) is 9.68. The average molecular weight is 285 g/mol. The maximum atomic E-state index is 13.1. The molecule has 1 fully saturated rings. The second-order valence-electron chi connectivity index (χ2n) is 4.82. The Morgan fingerprint density at radius 1 is 1.44 bits per heavy atom. The van der Waals surface area contributed by atoms with Gasteiger partial charge in [-0.1, -0.05) is 22.0 Å². The molecule has 0 aliphatic heterocycles. The summed E-state index contributed by atoms with van der Waals surface area (Å²) in [4.78, 5) is 0.682. The van der Waals surface area contributed by atoms with E-state index >= 15 is 0 Å². The molecule has 1 saturated carbocycles. The summed E-state index contributed by atoms with van der Waals surface area (Å²) in [5, 5.41) is 0. The van der Waals surface area contributed by atoms with Crippen LogP contribution in [0.1, 0.15) is 36.8 Å². The van der Waals surface area contributed by atoms with E-state index in [1.54, 1.807) is 6.07 Å². The van der Waals surface area contributed by atoms with Crippen molar-refractivity contribution in [2.75, 3.05) is 0 Å². The molecule has 1 atom stereocenters. The van der Waals surface area contributed by atoms with Gasteiger partial charge in [0.1, 0.15) is 5.82 Å². The van der Waals surface area contributed by atoms with E-state index in [1.165, 1.54) is 30.9 Å². The van der Waals surface area contributed by atoms with Crippen LogP contribution < -0.4 is 0 Å². The highest BCUT2D eigenvalue weighted by atomic mass is 79.9. The number of aryl methyl sites for hydroxylation is 2. The van der Waals surface area contributed by atoms with Gasteiger partial charge in [-0.2, -0.15) is 0 Å². The fourth-order valence-electron chi connectivity index (χ4n) is 2.09. The van der Waals surface area contributed by atoms with E-state index in [1.807, 2.05) is 6.07 Å². The average Bonchev–Trinajstić information content (AvgIpc) is 3.06. The van der Waals surface area contributed by atoms with Crippen molar-refractivity contribution < 1.29 is 4.39 Å². The highest BCUT2D eigenvalue weighted by Gasteiger charge is 2.28. The predicted octanol–water partition coefficient (Wildman–Crippen LogP) is 4.63. The van der Waals surface area contributed by atoms with Gasteiger partial charge in [0.2, 0.25) is 0 Å². The van der Waals surface area contributed by atoms with Crippen LogP contribution in [-0.2, 0) is 6.42 Å². The summed E-state index contributed by atoms with van der Waals surface area (Å²) in [6.45, 7) is 2.06. The quantitative estimate of drug-likeness (QED) is 0.692. The lowest BCUT2D eigenvalue weighted by atomic mass is 10.0. The van der Waals surface area contributed by atoms with Crippen LogP contribution in [0.2, 0.25) is 0 Å². The van der Waals surface area contributed by atoms with Gasteiger partial charge in [-0.25, -0.2) is 4.39 Å². The van der Waals surface area contributed by atoms with Gasteiger partial charge in [-0.3, -0.25) is 0 Å². The molecule has 88 valence electrons. The minimum Gasteiger partial charge on any atom is -0.207 e. The molecule has 1 aliphatic rings. The van der Waals surface area contributed by atoms with Crippen LogP contribution in [0.5, 0.6) is 0 Å². The second-order valence-corrected chi connectivity index (χ2v) is 5.99. The minimum atomic E-state index is -0.113. The van der Waals surface area contributed by atoms with Gasteiger partial charge in [0.15, 0.2) is 0 Å².